The Balaban J connectivity index is 1.06. The molecule has 0 aliphatic carbocycles. The lowest BCUT2D eigenvalue weighted by atomic mass is 10.0. The van der Waals surface area contributed by atoms with Crippen molar-refractivity contribution in [1.82, 2.24) is 15.0 Å². The van der Waals surface area contributed by atoms with Crippen molar-refractivity contribution >= 4 is 77.5 Å². The number of aliphatic imine (C=N–C) groups is 1. The first-order valence-corrected chi connectivity index (χ1v) is 19.2. The highest BCUT2D eigenvalue weighted by molar-refractivity contribution is 7.20. The average Bonchev–Trinajstić information content (AvgIpc) is 3.98. The van der Waals surface area contributed by atoms with Crippen molar-refractivity contribution in [3.63, 3.8) is 0 Å². The lowest BCUT2D eigenvalue weighted by Gasteiger charge is -2.09. The smallest absolute Gasteiger partial charge is 0.164 e. The fourth-order valence-electron chi connectivity index (χ4n) is 7.14. The van der Waals surface area contributed by atoms with Crippen LogP contribution < -0.4 is 0 Å². The van der Waals surface area contributed by atoms with E-state index in [-0.39, 0.29) is 5.84 Å². The van der Waals surface area contributed by atoms with Crippen molar-refractivity contribution in [2.75, 3.05) is 0 Å². The van der Waals surface area contributed by atoms with Crippen LogP contribution in [0.1, 0.15) is 21.8 Å². The number of fused-ring (bicyclic) bond motifs is 5. The summed E-state index contributed by atoms with van der Waals surface area (Å²) < 4.78 is 13.3. The first-order chi connectivity index (χ1) is 28.0. The number of hydrogen-bond donors (Lipinski definition) is 1. The zero-order valence-corrected chi connectivity index (χ0v) is 31.3. The maximum atomic E-state index is 9.22. The third kappa shape index (κ3) is 6.14. The van der Waals surface area contributed by atoms with Crippen LogP contribution in [0.5, 0.6) is 0 Å². The van der Waals surface area contributed by atoms with Gasteiger partial charge in [0.1, 0.15) is 22.5 Å². The number of rotatable bonds is 8. The maximum Gasteiger partial charge on any atom is 0.164 e. The van der Waals surface area contributed by atoms with E-state index >= 15 is 0 Å². The molecular formula is C49H31N5O2S. The predicted octanol–water partition coefficient (Wildman–Crippen LogP) is 12.9. The van der Waals surface area contributed by atoms with Crippen LogP contribution >= 0.6 is 11.3 Å². The van der Waals surface area contributed by atoms with Crippen molar-refractivity contribution in [2.45, 2.75) is 0 Å². The summed E-state index contributed by atoms with van der Waals surface area (Å²) in [4.78, 5) is 20.7. The molecular weight excluding hydrogens is 723 g/mol. The molecule has 0 amide bonds. The number of thiophene rings is 1. The predicted molar refractivity (Wildman–Crippen MR) is 234 cm³/mol. The van der Waals surface area contributed by atoms with Crippen LogP contribution in [-0.4, -0.2) is 26.5 Å². The van der Waals surface area contributed by atoms with Crippen molar-refractivity contribution in [1.29, 1.82) is 5.41 Å². The largest absolute Gasteiger partial charge is 0.456 e. The number of nitrogens with one attached hydrogen (secondary N) is 1. The van der Waals surface area contributed by atoms with Crippen LogP contribution in [0, 0.1) is 5.41 Å². The Hall–Kier alpha value is -7.55. The van der Waals surface area contributed by atoms with Gasteiger partial charge in [0, 0.05) is 64.5 Å². The number of amidine groups is 1. The Morgan fingerprint density at radius 2 is 1.21 bits per heavy atom. The van der Waals surface area contributed by atoms with Crippen LogP contribution in [0.4, 0.5) is 0 Å². The molecule has 4 aromatic heterocycles. The van der Waals surface area contributed by atoms with Crippen molar-refractivity contribution in [2.24, 2.45) is 4.99 Å². The number of para-hydroxylation sites is 2. The van der Waals surface area contributed by atoms with Crippen molar-refractivity contribution < 1.29 is 8.83 Å². The van der Waals surface area contributed by atoms with E-state index in [0.29, 0.717) is 34.5 Å². The Labute approximate surface area is 331 Å². The average molecular weight is 754 g/mol. The summed E-state index contributed by atoms with van der Waals surface area (Å²) in [5.41, 5.74) is 7.69. The molecule has 1 N–H and O–H groups in total. The molecule has 0 atom stereocenters. The summed E-state index contributed by atoms with van der Waals surface area (Å²) in [6.07, 6.45) is 1.82. The molecule has 0 saturated carbocycles. The molecule has 0 bridgehead atoms. The minimum absolute atomic E-state index is 0.0289. The summed E-state index contributed by atoms with van der Waals surface area (Å²) in [6.45, 7) is 8.56. The van der Waals surface area contributed by atoms with Gasteiger partial charge in [-0.1, -0.05) is 116 Å². The van der Waals surface area contributed by atoms with Gasteiger partial charge in [-0.25, -0.2) is 19.9 Å². The van der Waals surface area contributed by atoms with Gasteiger partial charge in [-0.2, -0.15) is 0 Å². The molecule has 0 saturated heterocycles. The standard InChI is InChI=1S/C49H31N5O2S/c1-3-35-38-27-34(49-53-47(31-16-8-5-9-17-31)52-48(54-49)33-22-24-41-37(26-33)36-19-11-13-21-40(36)56-41)23-25-43(38)57-45(35)29(2)46(50)51-44(30-14-6-4-7-15-30)42-28-32-18-10-12-20-39(32)55-42/h3-28,50H,1-2H2. The van der Waals surface area contributed by atoms with Crippen LogP contribution in [0.3, 0.4) is 0 Å². The van der Waals surface area contributed by atoms with Crippen molar-refractivity contribution in [3.8, 4) is 34.2 Å². The van der Waals surface area contributed by atoms with Crippen LogP contribution in [0.2, 0.25) is 0 Å². The van der Waals surface area contributed by atoms with Gasteiger partial charge in [0.25, 0.3) is 0 Å². The van der Waals surface area contributed by atoms with Gasteiger partial charge in [0.15, 0.2) is 29.1 Å². The minimum Gasteiger partial charge on any atom is -0.456 e. The van der Waals surface area contributed by atoms with E-state index in [4.69, 9.17) is 28.8 Å². The maximum absolute atomic E-state index is 9.22. The topological polar surface area (TPSA) is 101 Å². The highest BCUT2D eigenvalue weighted by Crippen LogP contribution is 2.39. The van der Waals surface area contributed by atoms with E-state index in [1.807, 2.05) is 133 Å². The summed E-state index contributed by atoms with van der Waals surface area (Å²) in [5, 5.41) is 13.2. The van der Waals surface area contributed by atoms with E-state index in [1.54, 1.807) is 11.3 Å². The van der Waals surface area contributed by atoms with Gasteiger partial charge in [0.2, 0.25) is 0 Å². The Morgan fingerprint density at radius 1 is 0.596 bits per heavy atom. The monoisotopic (exact) mass is 753 g/mol. The van der Waals surface area contributed by atoms with Gasteiger partial charge < -0.3 is 8.83 Å². The minimum atomic E-state index is 0.0289. The molecule has 0 fully saturated rings. The number of hydrogen-bond acceptors (Lipinski definition) is 7. The van der Waals surface area contributed by atoms with Crippen molar-refractivity contribution in [3.05, 3.63) is 187 Å². The molecule has 7 nitrogen and oxygen atoms in total. The SMILES string of the molecule is C=Cc1c(C(=C)C(=N)N=C(c2ccccc2)c2cc3ccccc3o2)sc2ccc(-c3nc(-c4ccccc4)nc(-c4ccc5oc6ccccc6c5c4)n3)cc12. The highest BCUT2D eigenvalue weighted by atomic mass is 32.1. The lowest BCUT2D eigenvalue weighted by molar-refractivity contribution is 0.605. The fraction of sp³-hybridized carbons (Fsp3) is 0. The molecule has 10 rings (SSSR count). The lowest BCUT2D eigenvalue weighted by Crippen LogP contribution is -2.07. The Bertz CT molecular complexity index is 3210. The molecule has 270 valence electrons. The number of aromatic nitrogens is 3. The fourth-order valence-corrected chi connectivity index (χ4v) is 8.30. The van der Waals surface area contributed by atoms with Crippen LogP contribution in [0.15, 0.2) is 179 Å². The van der Waals surface area contributed by atoms with Crippen LogP contribution in [-0.2, 0) is 0 Å². The zero-order chi connectivity index (χ0) is 38.5. The number of benzene rings is 6. The first-order valence-electron chi connectivity index (χ1n) is 18.3. The second kappa shape index (κ2) is 13.9. The molecule has 0 radical (unpaired) electrons. The van der Waals surface area contributed by atoms with E-state index in [9.17, 15) is 5.41 Å². The van der Waals surface area contributed by atoms with E-state index in [2.05, 4.69) is 37.4 Å². The molecule has 10 aromatic rings. The van der Waals surface area contributed by atoms with E-state index < -0.39 is 0 Å². The third-order valence-electron chi connectivity index (χ3n) is 9.98. The normalized spacial score (nSPS) is 11.8. The summed E-state index contributed by atoms with van der Waals surface area (Å²) in [5.74, 6) is 2.27. The second-order valence-electron chi connectivity index (χ2n) is 13.5. The van der Waals surface area contributed by atoms with E-state index in [0.717, 1.165) is 75.7 Å². The van der Waals surface area contributed by atoms with Gasteiger partial charge >= 0.3 is 0 Å². The quantitative estimate of drug-likeness (QED) is 0.123. The molecule has 6 aromatic carbocycles. The second-order valence-corrected chi connectivity index (χ2v) is 14.6. The molecule has 57 heavy (non-hydrogen) atoms. The molecule has 8 heteroatoms. The molecule has 0 aliphatic heterocycles. The van der Waals surface area contributed by atoms with E-state index in [1.165, 1.54) is 0 Å². The van der Waals surface area contributed by atoms with Crippen LogP contribution in [0.25, 0.3) is 88.8 Å². The zero-order valence-electron chi connectivity index (χ0n) is 30.4. The Morgan fingerprint density at radius 3 is 1.95 bits per heavy atom. The number of nitrogens with zero attached hydrogens (tertiary/aromatic N) is 4. The molecule has 4 heterocycles. The van der Waals surface area contributed by atoms with Gasteiger partial charge in [-0.3, -0.25) is 5.41 Å². The van der Waals surface area contributed by atoms with Gasteiger partial charge in [-0.15, -0.1) is 11.3 Å². The summed E-state index contributed by atoms with van der Waals surface area (Å²) in [6, 6.07) is 49.7. The highest BCUT2D eigenvalue weighted by Gasteiger charge is 2.21. The van der Waals surface area contributed by atoms with Gasteiger partial charge in [-0.05, 0) is 54.6 Å². The third-order valence-corrected chi connectivity index (χ3v) is 11.2. The van der Waals surface area contributed by atoms with Gasteiger partial charge in [0.05, 0.1) is 0 Å². The Kier molecular flexibility index (Phi) is 8.31. The summed E-state index contributed by atoms with van der Waals surface area (Å²) in [7, 11) is 0. The summed E-state index contributed by atoms with van der Waals surface area (Å²) >= 11 is 1.55. The molecule has 0 unspecified atom stereocenters. The molecule has 0 spiro atoms. The number of furan rings is 2. The molecule has 0 aliphatic rings. The first kappa shape index (κ1) is 34.0.